The van der Waals surface area contributed by atoms with E-state index in [1.54, 1.807) is 0 Å². The van der Waals surface area contributed by atoms with Crippen molar-refractivity contribution in [2.75, 3.05) is 19.3 Å². The van der Waals surface area contributed by atoms with Crippen LogP contribution in [0.4, 0.5) is 0 Å². The second-order valence-electron chi connectivity index (χ2n) is 14.6. The third-order valence-electron chi connectivity index (χ3n) is 10.7. The average molecular weight is 902 g/mol. The maximum atomic E-state index is 6.10. The molecule has 1 aliphatic heterocycles. The Bertz CT molecular complexity index is 1830. The maximum Gasteiger partial charge on any atom is 0.352 e. The van der Waals surface area contributed by atoms with Crippen molar-refractivity contribution >= 4 is 54.1 Å². The predicted molar refractivity (Wildman–Crippen MR) is 244 cm³/mol. The van der Waals surface area contributed by atoms with Crippen molar-refractivity contribution in [1.29, 1.82) is 0 Å². The number of nitrogens with zero attached hydrogens (tertiary/aromatic N) is 1. The van der Waals surface area contributed by atoms with Crippen molar-refractivity contribution in [3.8, 4) is 5.75 Å². The fourth-order valence-corrected chi connectivity index (χ4v) is 16.4. The first-order chi connectivity index (χ1) is 27.0. The van der Waals surface area contributed by atoms with Gasteiger partial charge in [0.25, 0.3) is 5.96 Å². The summed E-state index contributed by atoms with van der Waals surface area (Å²) in [5.41, 5.74) is 8.43. The van der Waals surface area contributed by atoms with E-state index in [0.717, 1.165) is 43.3 Å². The summed E-state index contributed by atoms with van der Waals surface area (Å²) >= 11 is 2.92. The molecule has 56 heavy (non-hydrogen) atoms. The van der Waals surface area contributed by atoms with E-state index >= 15 is 0 Å². The summed E-state index contributed by atoms with van der Waals surface area (Å²) in [6.07, 6.45) is 14.6. The van der Waals surface area contributed by atoms with Crippen molar-refractivity contribution in [3.63, 3.8) is 0 Å². The molecule has 6 rings (SSSR count). The summed E-state index contributed by atoms with van der Waals surface area (Å²) < 4.78 is 3.43. The molecule has 1 heterocycles. The zero-order valence-corrected chi connectivity index (χ0v) is 36.3. The Hall–Kier alpha value is -3.91. The van der Waals surface area contributed by atoms with Gasteiger partial charge in [0.2, 0.25) is 0 Å². The summed E-state index contributed by atoms with van der Waals surface area (Å²) in [7, 11) is 0. The molecule has 5 aromatic rings. The van der Waals surface area contributed by atoms with Gasteiger partial charge in [-0.05, 0) is 29.8 Å². The summed E-state index contributed by atoms with van der Waals surface area (Å²) in [5.74, 6) is 2.06. The first-order valence-corrected chi connectivity index (χ1v) is 25.4. The van der Waals surface area contributed by atoms with Crippen LogP contribution in [0.3, 0.4) is 0 Å². The molecule has 0 saturated heterocycles. The number of aliphatic imine (C=N–C) groups is 1. The van der Waals surface area contributed by atoms with Gasteiger partial charge in [-0.1, -0.05) is 30.3 Å². The largest absolute Gasteiger partial charge is 1.00 e. The zero-order valence-electron chi connectivity index (χ0n) is 32.5. The first-order valence-electron chi connectivity index (χ1n) is 20.2. The molecule has 5 aromatic carbocycles. The van der Waals surface area contributed by atoms with Crippen molar-refractivity contribution in [3.05, 3.63) is 157 Å². The minimum Gasteiger partial charge on any atom is -1.00 e. The molecular formula is C47H58ClIN5OP. The van der Waals surface area contributed by atoms with E-state index in [-0.39, 0.29) is 18.6 Å². The minimum absolute atomic E-state index is 0. The molecule has 296 valence electrons. The fraction of sp³-hybridized carbons (Fsp3) is 0.319. The quantitative estimate of drug-likeness (QED) is 0.0474. The molecule has 0 saturated carbocycles. The summed E-state index contributed by atoms with van der Waals surface area (Å²) in [4.78, 5) is 7.95. The van der Waals surface area contributed by atoms with E-state index in [1.807, 2.05) is 18.2 Å². The Morgan fingerprint density at radius 2 is 1.07 bits per heavy atom. The Labute approximate surface area is 354 Å². The van der Waals surface area contributed by atoms with Crippen molar-refractivity contribution in [1.82, 2.24) is 10.6 Å². The molecule has 0 bridgehead atoms. The van der Waals surface area contributed by atoms with Gasteiger partial charge in [0.05, 0.1) is 6.54 Å². The van der Waals surface area contributed by atoms with E-state index in [1.165, 1.54) is 85.4 Å². The van der Waals surface area contributed by atoms with Gasteiger partial charge in [-0.3, -0.25) is 10.3 Å². The number of unbranched alkanes of at least 4 members (excludes halogenated alkanes) is 9. The molecule has 0 aliphatic carbocycles. The average Bonchev–Trinajstić information content (AvgIpc) is 3.24. The van der Waals surface area contributed by atoms with E-state index in [4.69, 9.17) is 10.5 Å². The molecule has 9 heteroatoms. The standard InChI is InChI=1S/C47H57IN5OP.ClH/c48-55(42-25-15-10-16-26-42,43-27-17-11-18-28-43,44-29-19-12-20-30-44)38-22-8-6-4-2-1-3-5-7-21-37-54-41-33-31-40(32-34-41)45-51-46(49)53-47(52-45)50-36-35-39-23-13-9-14-24-39;/h9-20,23-34,45H,1-8,21-22,35-38H2,(H4,49,50,51,52,53);1H. The van der Waals surface area contributed by atoms with Crippen LogP contribution in [-0.4, -0.2) is 31.2 Å². The van der Waals surface area contributed by atoms with Crippen LogP contribution in [0.25, 0.3) is 0 Å². The van der Waals surface area contributed by atoms with Crippen LogP contribution in [-0.2, 0) is 6.42 Å². The van der Waals surface area contributed by atoms with Crippen molar-refractivity contribution < 1.29 is 22.1 Å². The molecular weight excluding hydrogens is 844 g/mol. The second-order valence-corrected chi connectivity index (χ2v) is 25.3. The number of nitrogens with one attached hydrogen (secondary N) is 3. The number of nitrogens with two attached hydrogens (primary N) is 1. The third kappa shape index (κ3) is 11.6. The van der Waals surface area contributed by atoms with Crippen molar-refractivity contribution in [2.24, 2.45) is 10.7 Å². The fourth-order valence-electron chi connectivity index (χ4n) is 7.65. The Morgan fingerprint density at radius 1 is 0.607 bits per heavy atom. The van der Waals surface area contributed by atoms with Crippen LogP contribution < -0.4 is 54.4 Å². The molecule has 0 aromatic heterocycles. The SMILES string of the molecule is NC1=NC(c2ccc(OCCCCCCCCCCCCP(I)(c3ccccc3)(c3ccccc3)c3ccccc3)cc2)NC(=[NH+]CCc2ccccc2)N1.[Cl-]. The minimum atomic E-state index is -2.64. The molecule has 5 N–H and O–H groups in total. The number of ether oxygens (including phenoxy) is 1. The van der Waals surface area contributed by atoms with Gasteiger partial charge >= 0.3 is 216 Å². The van der Waals surface area contributed by atoms with Crippen LogP contribution in [0.1, 0.15) is 81.5 Å². The van der Waals surface area contributed by atoms with E-state index in [2.05, 4.69) is 170 Å². The summed E-state index contributed by atoms with van der Waals surface area (Å²) in [6, 6.07) is 52.6. The first kappa shape index (κ1) is 43.2. The monoisotopic (exact) mass is 901 g/mol. The molecule has 0 amide bonds. The molecule has 6 nitrogen and oxygen atoms in total. The molecule has 1 aliphatic rings. The van der Waals surface area contributed by atoms with E-state index < -0.39 is 4.25 Å². The molecule has 0 spiro atoms. The van der Waals surface area contributed by atoms with E-state index in [9.17, 15) is 0 Å². The Morgan fingerprint density at radius 3 is 1.59 bits per heavy atom. The summed E-state index contributed by atoms with van der Waals surface area (Å²) in [5, 5.41) is 11.0. The number of halogens is 2. The number of hydrogen-bond acceptors (Lipinski definition) is 3. The van der Waals surface area contributed by atoms with Gasteiger partial charge in [-0.2, -0.15) is 4.99 Å². The summed E-state index contributed by atoms with van der Waals surface area (Å²) in [6.45, 7) is 1.53. The van der Waals surface area contributed by atoms with Gasteiger partial charge in [-0.25, -0.2) is 5.32 Å². The number of hydrogen-bond donors (Lipinski definition) is 4. The van der Waals surface area contributed by atoms with Gasteiger partial charge in [0.15, 0.2) is 6.17 Å². The van der Waals surface area contributed by atoms with Crippen molar-refractivity contribution in [2.45, 2.75) is 76.8 Å². The van der Waals surface area contributed by atoms with Gasteiger partial charge in [0, 0.05) is 12.0 Å². The van der Waals surface area contributed by atoms with Crippen LogP contribution >= 0.6 is 26.3 Å². The second kappa shape index (κ2) is 22.1. The van der Waals surface area contributed by atoms with Crippen LogP contribution in [0.5, 0.6) is 5.75 Å². The molecule has 0 fully saturated rings. The van der Waals surface area contributed by atoms with E-state index in [0.29, 0.717) is 5.96 Å². The van der Waals surface area contributed by atoms with Gasteiger partial charge in [0.1, 0.15) is 5.75 Å². The third-order valence-corrected chi connectivity index (χ3v) is 22.4. The predicted octanol–water partition coefficient (Wildman–Crippen LogP) is 5.04. The number of benzene rings is 5. The molecule has 1 atom stereocenters. The Balaban J connectivity index is 0.00000600. The maximum absolute atomic E-state index is 6.10. The molecule has 0 radical (unpaired) electrons. The molecule has 1 unspecified atom stereocenters. The normalized spacial score (nSPS) is 15.4. The van der Waals surface area contributed by atoms with Crippen LogP contribution in [0.15, 0.2) is 151 Å². The van der Waals surface area contributed by atoms with Gasteiger partial charge in [-0.15, -0.1) is 0 Å². The zero-order chi connectivity index (χ0) is 38.0. The Kier molecular flexibility index (Phi) is 17.1. The number of rotatable bonds is 21. The van der Waals surface area contributed by atoms with Crippen LogP contribution in [0.2, 0.25) is 0 Å². The smallest absolute Gasteiger partial charge is 0.352 e. The topological polar surface area (TPSA) is 85.6 Å². The van der Waals surface area contributed by atoms with Crippen LogP contribution in [0, 0.1) is 0 Å². The number of guanidine groups is 2. The van der Waals surface area contributed by atoms with Gasteiger partial charge < -0.3 is 22.9 Å².